The molecule has 0 atom stereocenters. The van der Waals surface area contributed by atoms with Gasteiger partial charge in [-0.3, -0.25) is 4.40 Å². The Morgan fingerprint density at radius 3 is 2.65 bits per heavy atom. The minimum atomic E-state index is 0.619. The van der Waals surface area contributed by atoms with Crippen molar-refractivity contribution >= 4 is 34.8 Å². The lowest BCUT2D eigenvalue weighted by atomic mass is 10.0. The Morgan fingerprint density at radius 1 is 1.12 bits per heavy atom. The molecule has 26 heavy (non-hydrogen) atoms. The number of benzene rings is 1. The first-order valence-electron chi connectivity index (χ1n) is 8.48. The molecule has 3 aromatic rings. The number of ether oxygens (including phenoxy) is 1. The third-order valence-corrected chi connectivity index (χ3v) is 5.04. The monoisotopic (exact) mass is 391 g/mol. The van der Waals surface area contributed by atoms with E-state index in [1.165, 1.54) is 0 Å². The predicted molar refractivity (Wildman–Crippen MR) is 104 cm³/mol. The topological polar surface area (TPSA) is 54.7 Å². The van der Waals surface area contributed by atoms with Crippen molar-refractivity contribution in [1.29, 1.82) is 0 Å². The summed E-state index contributed by atoms with van der Waals surface area (Å²) >= 11 is 12.5. The Labute approximate surface area is 161 Å². The molecule has 2 aromatic heterocycles. The summed E-state index contributed by atoms with van der Waals surface area (Å²) < 4.78 is 7.46. The zero-order valence-corrected chi connectivity index (χ0v) is 15.9. The standard InChI is InChI=1S/C18H19Cl2N5O/c1-21-10-12-8-17-22-23-18(24-4-6-26-7-5-24)25(17)11-15(12)14-3-2-13(19)9-16(14)20/h2-3,8-9,11,21H,4-7,10H2,1H3. The van der Waals surface area contributed by atoms with Crippen LogP contribution in [0.1, 0.15) is 5.56 Å². The maximum absolute atomic E-state index is 6.48. The Morgan fingerprint density at radius 2 is 1.92 bits per heavy atom. The zero-order chi connectivity index (χ0) is 18.1. The Kier molecular flexibility index (Phi) is 5.00. The Balaban J connectivity index is 1.87. The highest BCUT2D eigenvalue weighted by molar-refractivity contribution is 6.36. The van der Waals surface area contributed by atoms with Gasteiger partial charge in [0.15, 0.2) is 5.65 Å². The second-order valence-corrected chi connectivity index (χ2v) is 7.04. The summed E-state index contributed by atoms with van der Waals surface area (Å²) in [5.74, 6) is 0.825. The van der Waals surface area contributed by atoms with Crippen molar-refractivity contribution in [3.8, 4) is 11.1 Å². The van der Waals surface area contributed by atoms with Gasteiger partial charge in [-0.2, -0.15) is 0 Å². The number of halogens is 2. The first kappa shape index (κ1) is 17.5. The molecule has 0 unspecified atom stereocenters. The van der Waals surface area contributed by atoms with Crippen LogP contribution in [0.25, 0.3) is 16.8 Å². The Bertz CT molecular complexity index is 937. The Hall–Kier alpha value is -1.86. The molecule has 1 aromatic carbocycles. The normalized spacial score (nSPS) is 15.0. The van der Waals surface area contributed by atoms with E-state index in [2.05, 4.69) is 26.6 Å². The van der Waals surface area contributed by atoms with Gasteiger partial charge in [0.25, 0.3) is 0 Å². The van der Waals surface area contributed by atoms with Crippen molar-refractivity contribution in [2.45, 2.75) is 6.54 Å². The summed E-state index contributed by atoms with van der Waals surface area (Å²) in [6, 6.07) is 7.61. The highest BCUT2D eigenvalue weighted by atomic mass is 35.5. The lowest BCUT2D eigenvalue weighted by Crippen LogP contribution is -2.37. The number of nitrogens with zero attached hydrogens (tertiary/aromatic N) is 4. The summed E-state index contributed by atoms with van der Waals surface area (Å²) in [6.45, 7) is 3.70. The summed E-state index contributed by atoms with van der Waals surface area (Å²) in [5.41, 5.74) is 3.88. The molecule has 136 valence electrons. The second-order valence-electron chi connectivity index (χ2n) is 6.19. The zero-order valence-electron chi connectivity index (χ0n) is 14.4. The minimum Gasteiger partial charge on any atom is -0.378 e. The van der Waals surface area contributed by atoms with E-state index in [0.717, 1.165) is 41.4 Å². The van der Waals surface area contributed by atoms with Crippen LogP contribution in [0.4, 0.5) is 5.95 Å². The molecule has 0 bridgehead atoms. The molecule has 1 aliphatic rings. The molecule has 0 aliphatic carbocycles. The second kappa shape index (κ2) is 7.40. The molecule has 0 spiro atoms. The third-order valence-electron chi connectivity index (χ3n) is 4.49. The smallest absolute Gasteiger partial charge is 0.231 e. The number of nitrogens with one attached hydrogen (secondary N) is 1. The van der Waals surface area contributed by atoms with Crippen LogP contribution in [-0.4, -0.2) is 47.9 Å². The number of rotatable bonds is 4. The van der Waals surface area contributed by atoms with Crippen LogP contribution in [0, 0.1) is 0 Å². The molecule has 1 N–H and O–H groups in total. The van der Waals surface area contributed by atoms with Gasteiger partial charge in [0, 0.05) is 47.0 Å². The predicted octanol–water partition coefficient (Wildman–Crippen LogP) is 3.26. The van der Waals surface area contributed by atoms with Gasteiger partial charge in [0.2, 0.25) is 5.95 Å². The van der Waals surface area contributed by atoms with Crippen LogP contribution in [0.15, 0.2) is 30.5 Å². The third kappa shape index (κ3) is 3.25. The van der Waals surface area contributed by atoms with Gasteiger partial charge in [-0.1, -0.05) is 29.3 Å². The number of fused-ring (bicyclic) bond motifs is 1. The molecule has 0 radical (unpaired) electrons. The van der Waals surface area contributed by atoms with E-state index in [1.54, 1.807) is 6.07 Å². The van der Waals surface area contributed by atoms with Crippen molar-refractivity contribution in [2.75, 3.05) is 38.3 Å². The van der Waals surface area contributed by atoms with E-state index < -0.39 is 0 Å². The maximum Gasteiger partial charge on any atom is 0.231 e. The molecule has 1 fully saturated rings. The number of pyridine rings is 1. The van der Waals surface area contributed by atoms with Gasteiger partial charge in [-0.05, 0) is 30.8 Å². The molecule has 1 saturated heterocycles. The maximum atomic E-state index is 6.48. The highest BCUT2D eigenvalue weighted by Gasteiger charge is 2.19. The van der Waals surface area contributed by atoms with E-state index in [9.17, 15) is 0 Å². The van der Waals surface area contributed by atoms with Crippen molar-refractivity contribution in [3.05, 3.63) is 46.1 Å². The van der Waals surface area contributed by atoms with Gasteiger partial charge in [-0.25, -0.2) is 0 Å². The molecule has 3 heterocycles. The number of hydrogen-bond donors (Lipinski definition) is 1. The van der Waals surface area contributed by atoms with E-state index in [0.29, 0.717) is 29.8 Å². The molecule has 1 aliphatic heterocycles. The van der Waals surface area contributed by atoms with Crippen LogP contribution in [0.2, 0.25) is 10.0 Å². The number of hydrogen-bond acceptors (Lipinski definition) is 5. The quantitative estimate of drug-likeness (QED) is 0.739. The molecule has 8 heteroatoms. The fourth-order valence-corrected chi connectivity index (χ4v) is 3.74. The van der Waals surface area contributed by atoms with E-state index in [4.69, 9.17) is 27.9 Å². The van der Waals surface area contributed by atoms with Gasteiger partial charge in [-0.15, -0.1) is 10.2 Å². The molecular formula is C18H19Cl2N5O. The molecule has 6 nitrogen and oxygen atoms in total. The van der Waals surface area contributed by atoms with Crippen LogP contribution in [0.3, 0.4) is 0 Å². The van der Waals surface area contributed by atoms with Crippen LogP contribution >= 0.6 is 23.2 Å². The summed E-state index contributed by atoms with van der Waals surface area (Å²) in [4.78, 5) is 2.19. The lowest BCUT2D eigenvalue weighted by molar-refractivity contribution is 0.122. The summed E-state index contributed by atoms with van der Waals surface area (Å²) in [7, 11) is 1.92. The van der Waals surface area contributed by atoms with Gasteiger partial charge >= 0.3 is 0 Å². The average molecular weight is 392 g/mol. The van der Waals surface area contributed by atoms with Gasteiger partial charge in [0.05, 0.1) is 13.2 Å². The highest BCUT2D eigenvalue weighted by Crippen LogP contribution is 2.34. The van der Waals surface area contributed by atoms with E-state index >= 15 is 0 Å². The van der Waals surface area contributed by atoms with Crippen molar-refractivity contribution < 1.29 is 4.74 Å². The number of anilines is 1. The first-order chi connectivity index (χ1) is 12.7. The van der Waals surface area contributed by atoms with Crippen molar-refractivity contribution in [2.24, 2.45) is 0 Å². The fourth-order valence-electron chi connectivity index (χ4n) is 3.23. The van der Waals surface area contributed by atoms with Crippen LogP contribution in [-0.2, 0) is 11.3 Å². The molecule has 0 saturated carbocycles. The van der Waals surface area contributed by atoms with E-state index in [1.807, 2.05) is 29.6 Å². The largest absolute Gasteiger partial charge is 0.378 e. The molecule has 4 rings (SSSR count). The van der Waals surface area contributed by atoms with Crippen LogP contribution in [0.5, 0.6) is 0 Å². The molecule has 0 amide bonds. The summed E-state index contributed by atoms with van der Waals surface area (Å²) in [6.07, 6.45) is 2.06. The van der Waals surface area contributed by atoms with Gasteiger partial charge in [0.1, 0.15) is 0 Å². The SMILES string of the molecule is CNCc1cc2nnc(N3CCOCC3)n2cc1-c1ccc(Cl)cc1Cl. The number of morpholine rings is 1. The first-order valence-corrected chi connectivity index (χ1v) is 9.23. The lowest BCUT2D eigenvalue weighted by Gasteiger charge is -2.26. The van der Waals surface area contributed by atoms with Gasteiger partial charge < -0.3 is 15.0 Å². The van der Waals surface area contributed by atoms with Crippen molar-refractivity contribution in [3.63, 3.8) is 0 Å². The average Bonchev–Trinajstić information content (AvgIpc) is 3.05. The fraction of sp³-hybridized carbons (Fsp3) is 0.333. The van der Waals surface area contributed by atoms with E-state index in [-0.39, 0.29) is 0 Å². The summed E-state index contributed by atoms with van der Waals surface area (Å²) in [5, 5.41) is 13.2. The molecular weight excluding hydrogens is 373 g/mol. The van der Waals surface area contributed by atoms with Crippen LogP contribution < -0.4 is 10.2 Å². The number of aromatic nitrogens is 3. The van der Waals surface area contributed by atoms with Crippen molar-refractivity contribution in [1.82, 2.24) is 19.9 Å². The minimum absolute atomic E-state index is 0.619.